The van der Waals surface area contributed by atoms with E-state index < -0.39 is 46.7 Å². The van der Waals surface area contributed by atoms with E-state index in [0.717, 1.165) is 20.8 Å². The Hall–Kier alpha value is -1.60. The molecule has 0 saturated heterocycles. The van der Waals surface area contributed by atoms with Gasteiger partial charge in [-0.15, -0.1) is 0 Å². The summed E-state index contributed by atoms with van der Waals surface area (Å²) in [5.74, 6) is -9.01. The number of carboxylic acid groups (broad SMARTS) is 1. The summed E-state index contributed by atoms with van der Waals surface area (Å²) in [4.78, 5) is 10.6. The summed E-state index contributed by atoms with van der Waals surface area (Å²) in [6.45, 7) is 3.31. The first-order valence-corrected chi connectivity index (χ1v) is 5.14. The highest BCUT2D eigenvalue weighted by Gasteiger charge is 2.62. The van der Waals surface area contributed by atoms with Crippen molar-refractivity contribution < 1.29 is 36.6 Å². The highest BCUT2D eigenvalue weighted by atomic mass is 19.2. The van der Waals surface area contributed by atoms with Crippen molar-refractivity contribution in [1.82, 2.24) is 0 Å². The number of hydrogen-bond donors (Lipinski definition) is 1. The zero-order valence-electron chi connectivity index (χ0n) is 10.2. The molecule has 1 aliphatic rings. The fraction of sp³-hybridized carbons (Fsp3) is 0.545. The van der Waals surface area contributed by atoms with Gasteiger partial charge in [0.1, 0.15) is 0 Å². The monoisotopic (exact) mass is 286 g/mol. The third-order valence-electron chi connectivity index (χ3n) is 2.86. The van der Waals surface area contributed by atoms with E-state index in [1.54, 1.807) is 0 Å². The SMILES string of the molecule is CC(C)(C)C1(OC(=O)O)C(F)=C(F)C(F)=C(F)C1F. The van der Waals surface area contributed by atoms with E-state index >= 15 is 0 Å². The lowest BCUT2D eigenvalue weighted by molar-refractivity contribution is -0.117. The molecule has 0 bridgehead atoms. The van der Waals surface area contributed by atoms with Gasteiger partial charge in [0.2, 0.25) is 11.8 Å². The second kappa shape index (κ2) is 4.50. The largest absolute Gasteiger partial charge is 0.506 e. The molecule has 0 aromatic heterocycles. The molecule has 0 spiro atoms. The summed E-state index contributed by atoms with van der Waals surface area (Å²) < 4.78 is 71.4. The third-order valence-corrected chi connectivity index (χ3v) is 2.86. The summed E-state index contributed by atoms with van der Waals surface area (Å²) in [6.07, 6.45) is -5.27. The smallest absolute Gasteiger partial charge is 0.450 e. The maximum Gasteiger partial charge on any atom is 0.506 e. The second-order valence-electron chi connectivity index (χ2n) is 5.01. The molecule has 0 fully saturated rings. The van der Waals surface area contributed by atoms with Gasteiger partial charge in [0, 0.05) is 5.41 Å². The van der Waals surface area contributed by atoms with Gasteiger partial charge < -0.3 is 9.84 Å². The average molecular weight is 286 g/mol. The van der Waals surface area contributed by atoms with Crippen LogP contribution in [0.1, 0.15) is 20.8 Å². The molecular formula is C11H11F5O3. The van der Waals surface area contributed by atoms with E-state index in [2.05, 4.69) is 4.74 Å². The van der Waals surface area contributed by atoms with Crippen LogP contribution in [-0.2, 0) is 4.74 Å². The minimum absolute atomic E-state index is 1.10. The summed E-state index contributed by atoms with van der Waals surface area (Å²) >= 11 is 0. The van der Waals surface area contributed by atoms with Crippen molar-refractivity contribution in [2.75, 3.05) is 0 Å². The lowest BCUT2D eigenvalue weighted by Gasteiger charge is -2.44. The minimum atomic E-state index is -3.12. The predicted octanol–water partition coefficient (Wildman–Crippen LogP) is 4.12. The fourth-order valence-corrected chi connectivity index (χ4v) is 1.86. The van der Waals surface area contributed by atoms with Crippen molar-refractivity contribution in [2.24, 2.45) is 5.41 Å². The molecular weight excluding hydrogens is 275 g/mol. The molecule has 0 aliphatic heterocycles. The molecule has 3 nitrogen and oxygen atoms in total. The van der Waals surface area contributed by atoms with E-state index in [9.17, 15) is 26.7 Å². The Labute approximate surface area is 105 Å². The highest BCUT2D eigenvalue weighted by Crippen LogP contribution is 2.52. The first kappa shape index (κ1) is 15.5. The van der Waals surface area contributed by atoms with Crippen LogP contribution in [0.3, 0.4) is 0 Å². The normalized spacial score (nSPS) is 28.7. The summed E-state index contributed by atoms with van der Waals surface area (Å²) in [5.41, 5.74) is -4.83. The molecule has 0 aromatic rings. The van der Waals surface area contributed by atoms with Crippen molar-refractivity contribution in [1.29, 1.82) is 0 Å². The zero-order chi connectivity index (χ0) is 15.2. The summed E-state index contributed by atoms with van der Waals surface area (Å²) in [5, 5.41) is 8.54. The fourth-order valence-electron chi connectivity index (χ4n) is 1.86. The van der Waals surface area contributed by atoms with Gasteiger partial charge in [-0.05, 0) is 0 Å². The van der Waals surface area contributed by atoms with Gasteiger partial charge in [0.05, 0.1) is 0 Å². The molecule has 2 atom stereocenters. The molecule has 0 aromatic carbocycles. The van der Waals surface area contributed by atoms with Gasteiger partial charge in [-0.2, -0.15) is 0 Å². The van der Waals surface area contributed by atoms with E-state index in [4.69, 9.17) is 5.11 Å². The Morgan fingerprint density at radius 3 is 2.05 bits per heavy atom. The number of ether oxygens (including phenoxy) is 1. The van der Waals surface area contributed by atoms with Crippen molar-refractivity contribution in [3.8, 4) is 0 Å². The number of alkyl halides is 1. The van der Waals surface area contributed by atoms with Gasteiger partial charge in [-0.1, -0.05) is 20.8 Å². The Bertz CT molecular complexity index is 477. The van der Waals surface area contributed by atoms with Gasteiger partial charge in [0.25, 0.3) is 0 Å². The molecule has 8 heteroatoms. The van der Waals surface area contributed by atoms with E-state index in [1.165, 1.54) is 0 Å². The van der Waals surface area contributed by atoms with Crippen molar-refractivity contribution in [2.45, 2.75) is 32.5 Å². The van der Waals surface area contributed by atoms with Gasteiger partial charge in [-0.3, -0.25) is 0 Å². The molecule has 108 valence electrons. The topological polar surface area (TPSA) is 46.5 Å². The van der Waals surface area contributed by atoms with Crippen molar-refractivity contribution >= 4 is 6.16 Å². The first-order valence-electron chi connectivity index (χ1n) is 5.14. The number of carbonyl (C=O) groups is 1. The highest BCUT2D eigenvalue weighted by molar-refractivity contribution is 5.60. The van der Waals surface area contributed by atoms with E-state index in [-0.39, 0.29) is 0 Å². The molecule has 19 heavy (non-hydrogen) atoms. The zero-order valence-corrected chi connectivity index (χ0v) is 10.2. The van der Waals surface area contributed by atoms with Gasteiger partial charge in [0.15, 0.2) is 23.3 Å². The van der Waals surface area contributed by atoms with Crippen LogP contribution in [-0.4, -0.2) is 23.0 Å². The standard InChI is InChI=1S/C11H11F5O3/c1-10(2,3)11(19-9(17)18)7(15)5(13)4(12)6(14)8(11)16/h7H,1-3H3,(H,17,18). The van der Waals surface area contributed by atoms with Crippen LogP contribution < -0.4 is 0 Å². The van der Waals surface area contributed by atoms with Crippen LogP contribution in [0.4, 0.5) is 26.7 Å². The Morgan fingerprint density at radius 2 is 1.68 bits per heavy atom. The maximum absolute atomic E-state index is 13.9. The van der Waals surface area contributed by atoms with Crippen molar-refractivity contribution in [3.63, 3.8) is 0 Å². The lowest BCUT2D eigenvalue weighted by Crippen LogP contribution is -2.56. The van der Waals surface area contributed by atoms with Crippen LogP contribution in [0, 0.1) is 5.41 Å². The Kier molecular flexibility index (Phi) is 3.66. The third kappa shape index (κ3) is 2.08. The molecule has 0 amide bonds. The summed E-state index contributed by atoms with van der Waals surface area (Å²) in [6, 6.07) is 0. The van der Waals surface area contributed by atoms with E-state index in [1.807, 2.05) is 0 Å². The predicted molar refractivity (Wildman–Crippen MR) is 54.7 cm³/mol. The molecule has 0 radical (unpaired) electrons. The second-order valence-corrected chi connectivity index (χ2v) is 5.01. The average Bonchev–Trinajstić information content (AvgIpc) is 2.27. The molecule has 0 saturated carbocycles. The molecule has 1 aliphatic carbocycles. The minimum Gasteiger partial charge on any atom is -0.450 e. The van der Waals surface area contributed by atoms with E-state index in [0.29, 0.717) is 0 Å². The number of allylic oxidation sites excluding steroid dienone is 2. The van der Waals surface area contributed by atoms with Gasteiger partial charge in [-0.25, -0.2) is 26.7 Å². The van der Waals surface area contributed by atoms with Crippen LogP contribution in [0.2, 0.25) is 0 Å². The number of halogens is 5. The van der Waals surface area contributed by atoms with Crippen LogP contribution in [0.5, 0.6) is 0 Å². The Balaban J connectivity index is 3.61. The van der Waals surface area contributed by atoms with Crippen LogP contribution in [0.15, 0.2) is 23.3 Å². The summed E-state index contributed by atoms with van der Waals surface area (Å²) in [7, 11) is 0. The lowest BCUT2D eigenvalue weighted by atomic mass is 9.70. The van der Waals surface area contributed by atoms with Crippen LogP contribution in [0.25, 0.3) is 0 Å². The molecule has 2 unspecified atom stereocenters. The quantitative estimate of drug-likeness (QED) is 0.582. The number of hydrogen-bond acceptors (Lipinski definition) is 2. The molecule has 1 N–H and O–H groups in total. The Morgan fingerprint density at radius 1 is 1.21 bits per heavy atom. The maximum atomic E-state index is 13.9. The molecule has 1 rings (SSSR count). The first-order chi connectivity index (χ1) is 8.46. The molecule has 0 heterocycles. The van der Waals surface area contributed by atoms with Crippen LogP contribution >= 0.6 is 0 Å². The van der Waals surface area contributed by atoms with Gasteiger partial charge >= 0.3 is 6.16 Å². The number of rotatable bonds is 1. The van der Waals surface area contributed by atoms with Crippen molar-refractivity contribution in [3.05, 3.63) is 23.3 Å².